The number of hydrogen-bond donors (Lipinski definition) is 1. The summed E-state index contributed by atoms with van der Waals surface area (Å²) in [5.41, 5.74) is 1.75. The number of rotatable bonds is 2. The van der Waals surface area contributed by atoms with Crippen LogP contribution in [-0.2, 0) is 4.74 Å². The first-order valence-corrected chi connectivity index (χ1v) is 4.22. The Balaban J connectivity index is 2.87. The third-order valence-corrected chi connectivity index (χ3v) is 1.65. The Labute approximate surface area is 72.9 Å². The summed E-state index contributed by atoms with van der Waals surface area (Å²) in [6, 6.07) is 0. The first kappa shape index (κ1) is 9.20. The molecule has 0 spiro atoms. The van der Waals surface area contributed by atoms with Gasteiger partial charge in [-0.25, -0.2) is 9.78 Å². The quantitative estimate of drug-likeness (QED) is 0.537. The van der Waals surface area contributed by atoms with Crippen LogP contribution in [0.15, 0.2) is 0 Å². The number of aryl methyl sites for hydroxylation is 1. The summed E-state index contributed by atoms with van der Waals surface area (Å²) in [6.45, 7) is 3.92. The van der Waals surface area contributed by atoms with Crippen LogP contribution < -0.4 is 5.57 Å². The number of aromatic nitrogens is 2. The summed E-state index contributed by atoms with van der Waals surface area (Å²) in [7, 11) is 2.39. The van der Waals surface area contributed by atoms with Crippen LogP contribution in [0, 0.1) is 6.92 Å². The summed E-state index contributed by atoms with van der Waals surface area (Å²) in [6.07, 6.45) is 0. The largest absolute Gasteiger partial charge is 0.461 e. The molecule has 1 unspecified atom stereocenters. The number of esters is 1. The lowest BCUT2D eigenvalue weighted by Gasteiger charge is -1.97. The van der Waals surface area contributed by atoms with E-state index in [-0.39, 0.29) is 5.97 Å². The average molecular weight is 186 g/mol. The van der Waals surface area contributed by atoms with E-state index in [4.69, 9.17) is 4.74 Å². The van der Waals surface area contributed by atoms with Crippen molar-refractivity contribution in [3.05, 3.63) is 11.4 Å². The fraction of sp³-hybridized carbons (Fsp3) is 0.429. The molecular formula is C7H11N2O2P. The Hall–Kier alpha value is -0.890. The van der Waals surface area contributed by atoms with Gasteiger partial charge in [0.1, 0.15) is 5.57 Å². The van der Waals surface area contributed by atoms with E-state index >= 15 is 0 Å². The van der Waals surface area contributed by atoms with E-state index in [1.165, 1.54) is 0 Å². The molecule has 1 aromatic rings. The number of carbonyl (C=O) groups excluding carboxylic acids is 1. The summed E-state index contributed by atoms with van der Waals surface area (Å²) < 4.78 is 4.79. The van der Waals surface area contributed by atoms with Crippen LogP contribution in [0.2, 0.25) is 0 Å². The fourth-order valence-corrected chi connectivity index (χ4v) is 1.23. The average Bonchev–Trinajstić information content (AvgIpc) is 2.30. The van der Waals surface area contributed by atoms with E-state index in [1.54, 1.807) is 13.8 Å². The van der Waals surface area contributed by atoms with Crippen molar-refractivity contribution >= 4 is 20.8 Å². The SMILES string of the molecule is CCOC(=O)c1nc(P)[nH]c1C. The van der Waals surface area contributed by atoms with Gasteiger partial charge in [0.25, 0.3) is 0 Å². The molecule has 1 N–H and O–H groups in total. The second kappa shape index (κ2) is 3.68. The molecule has 66 valence electrons. The molecule has 1 aromatic heterocycles. The number of nitrogens with zero attached hydrogens (tertiary/aromatic N) is 1. The molecule has 0 aromatic carbocycles. The van der Waals surface area contributed by atoms with Crippen molar-refractivity contribution in [1.82, 2.24) is 9.97 Å². The zero-order valence-corrected chi connectivity index (χ0v) is 8.20. The lowest BCUT2D eigenvalue weighted by molar-refractivity contribution is 0.0519. The molecule has 4 nitrogen and oxygen atoms in total. The van der Waals surface area contributed by atoms with Crippen molar-refractivity contribution < 1.29 is 9.53 Å². The zero-order valence-electron chi connectivity index (χ0n) is 7.05. The van der Waals surface area contributed by atoms with E-state index in [0.29, 0.717) is 17.9 Å². The van der Waals surface area contributed by atoms with E-state index in [1.807, 2.05) is 0 Å². The second-order valence-electron chi connectivity index (χ2n) is 2.32. The van der Waals surface area contributed by atoms with E-state index < -0.39 is 0 Å². The van der Waals surface area contributed by atoms with E-state index in [0.717, 1.165) is 5.69 Å². The van der Waals surface area contributed by atoms with Gasteiger partial charge in [-0.1, -0.05) is 9.24 Å². The van der Waals surface area contributed by atoms with Gasteiger partial charge in [-0.3, -0.25) is 0 Å². The maximum absolute atomic E-state index is 11.2. The molecule has 1 rings (SSSR count). The summed E-state index contributed by atoms with van der Waals surface area (Å²) in [4.78, 5) is 18.0. The minimum Gasteiger partial charge on any atom is -0.461 e. The van der Waals surface area contributed by atoms with Gasteiger partial charge < -0.3 is 9.72 Å². The molecule has 0 fully saturated rings. The number of H-pyrrole nitrogens is 1. The number of ether oxygens (including phenoxy) is 1. The van der Waals surface area contributed by atoms with Crippen molar-refractivity contribution in [2.24, 2.45) is 0 Å². The highest BCUT2D eigenvalue weighted by Gasteiger charge is 2.13. The summed E-state index contributed by atoms with van der Waals surface area (Å²) in [5, 5.41) is 0. The molecule has 0 aliphatic carbocycles. The van der Waals surface area contributed by atoms with Crippen molar-refractivity contribution in [2.75, 3.05) is 6.61 Å². The van der Waals surface area contributed by atoms with Crippen molar-refractivity contribution in [3.8, 4) is 0 Å². The number of carbonyl (C=O) groups is 1. The topological polar surface area (TPSA) is 55.0 Å². The third kappa shape index (κ3) is 1.83. The molecule has 0 saturated carbocycles. The van der Waals surface area contributed by atoms with Gasteiger partial charge >= 0.3 is 5.97 Å². The first-order valence-electron chi connectivity index (χ1n) is 3.64. The monoisotopic (exact) mass is 186 g/mol. The predicted molar refractivity (Wildman–Crippen MR) is 48.6 cm³/mol. The van der Waals surface area contributed by atoms with Gasteiger partial charge in [0.05, 0.1) is 6.61 Å². The molecule has 0 aliphatic rings. The van der Waals surface area contributed by atoms with Gasteiger partial charge in [0, 0.05) is 5.69 Å². The summed E-state index contributed by atoms with van der Waals surface area (Å²) in [5.74, 6) is -0.375. The number of nitrogens with one attached hydrogen (secondary N) is 1. The van der Waals surface area contributed by atoms with Crippen molar-refractivity contribution in [2.45, 2.75) is 13.8 Å². The van der Waals surface area contributed by atoms with Crippen LogP contribution in [0.5, 0.6) is 0 Å². The minimum atomic E-state index is -0.375. The number of aromatic amines is 1. The lowest BCUT2D eigenvalue weighted by atomic mass is 10.3. The van der Waals surface area contributed by atoms with Gasteiger partial charge in [0.2, 0.25) is 0 Å². The Morgan fingerprint density at radius 2 is 2.42 bits per heavy atom. The van der Waals surface area contributed by atoms with Gasteiger partial charge in [-0.2, -0.15) is 0 Å². The highest BCUT2D eigenvalue weighted by Crippen LogP contribution is 2.02. The molecule has 1 heterocycles. The lowest BCUT2D eigenvalue weighted by Crippen LogP contribution is -2.07. The third-order valence-electron chi connectivity index (χ3n) is 1.37. The maximum atomic E-state index is 11.2. The molecule has 0 amide bonds. The Kier molecular flexibility index (Phi) is 2.82. The Morgan fingerprint density at radius 3 is 2.83 bits per heavy atom. The highest BCUT2D eigenvalue weighted by molar-refractivity contribution is 7.26. The predicted octanol–water partition coefficient (Wildman–Crippen LogP) is 0.395. The summed E-state index contributed by atoms with van der Waals surface area (Å²) >= 11 is 0. The fourth-order valence-electron chi connectivity index (χ4n) is 0.882. The van der Waals surface area contributed by atoms with E-state index in [2.05, 4.69) is 19.2 Å². The molecule has 5 heteroatoms. The number of imidazole rings is 1. The van der Waals surface area contributed by atoms with Gasteiger partial charge in [-0.15, -0.1) is 0 Å². The van der Waals surface area contributed by atoms with Crippen molar-refractivity contribution in [3.63, 3.8) is 0 Å². The smallest absolute Gasteiger partial charge is 0.358 e. The van der Waals surface area contributed by atoms with Crippen LogP contribution >= 0.6 is 9.24 Å². The Morgan fingerprint density at radius 1 is 1.75 bits per heavy atom. The standard InChI is InChI=1S/C7H11N2O2P/c1-3-11-6(10)5-4(2)8-7(12)9-5/h3,12H2,1-2H3,(H,8,9). The van der Waals surface area contributed by atoms with Gasteiger partial charge in [0.15, 0.2) is 5.69 Å². The highest BCUT2D eigenvalue weighted by atomic mass is 31.0. The van der Waals surface area contributed by atoms with Crippen LogP contribution in [-0.4, -0.2) is 22.5 Å². The second-order valence-corrected chi connectivity index (χ2v) is 2.86. The number of hydrogen-bond acceptors (Lipinski definition) is 3. The molecule has 0 bridgehead atoms. The molecule has 0 saturated heterocycles. The molecule has 0 aliphatic heterocycles. The normalized spacial score (nSPS) is 9.92. The van der Waals surface area contributed by atoms with Crippen LogP contribution in [0.3, 0.4) is 0 Å². The van der Waals surface area contributed by atoms with Gasteiger partial charge in [-0.05, 0) is 13.8 Å². The van der Waals surface area contributed by atoms with E-state index in [9.17, 15) is 4.79 Å². The van der Waals surface area contributed by atoms with Crippen molar-refractivity contribution in [1.29, 1.82) is 0 Å². The zero-order chi connectivity index (χ0) is 9.14. The van der Waals surface area contributed by atoms with Crippen LogP contribution in [0.25, 0.3) is 0 Å². The minimum absolute atomic E-state index is 0.363. The molecular weight excluding hydrogens is 175 g/mol. The molecule has 1 atom stereocenters. The Bertz CT molecular complexity index is 296. The molecule has 12 heavy (non-hydrogen) atoms. The van der Waals surface area contributed by atoms with Crippen LogP contribution in [0.1, 0.15) is 23.1 Å². The molecule has 0 radical (unpaired) electrons. The maximum Gasteiger partial charge on any atom is 0.358 e. The first-order chi connectivity index (χ1) is 5.65. The van der Waals surface area contributed by atoms with Crippen LogP contribution in [0.4, 0.5) is 0 Å².